The smallest absolute Gasteiger partial charge is 0.168 e. The molecule has 2 aromatic rings. The third-order valence-corrected chi connectivity index (χ3v) is 2.66. The molecule has 3 nitrogen and oxygen atoms in total. The van der Waals surface area contributed by atoms with Gasteiger partial charge in [-0.3, -0.25) is 0 Å². The van der Waals surface area contributed by atoms with Gasteiger partial charge in [0.25, 0.3) is 0 Å². The average Bonchev–Trinajstić information content (AvgIpc) is 2.39. The number of benzene rings is 2. The summed E-state index contributed by atoms with van der Waals surface area (Å²) in [6, 6.07) is 15.8. The molecular formula is C14H14N2OS. The van der Waals surface area contributed by atoms with Gasteiger partial charge in [0, 0.05) is 5.69 Å². The summed E-state index contributed by atoms with van der Waals surface area (Å²) >= 11 is 4.79. The molecule has 3 N–H and O–H groups in total. The minimum absolute atomic E-state index is 0.268. The minimum atomic E-state index is 0.268. The SMILES string of the molecule is COc1cccc(-c2ccc(NC(N)=S)cc2)c1. The van der Waals surface area contributed by atoms with Crippen molar-refractivity contribution in [1.29, 1.82) is 0 Å². The van der Waals surface area contributed by atoms with Gasteiger partial charge < -0.3 is 15.8 Å². The van der Waals surface area contributed by atoms with E-state index in [-0.39, 0.29) is 5.11 Å². The second kappa shape index (κ2) is 5.51. The molecule has 2 rings (SSSR count). The van der Waals surface area contributed by atoms with Gasteiger partial charge in [0.05, 0.1) is 7.11 Å². The maximum absolute atomic E-state index is 5.42. The van der Waals surface area contributed by atoms with Crippen LogP contribution in [0.25, 0.3) is 11.1 Å². The van der Waals surface area contributed by atoms with E-state index < -0.39 is 0 Å². The summed E-state index contributed by atoms with van der Waals surface area (Å²) in [7, 11) is 1.66. The lowest BCUT2D eigenvalue weighted by Crippen LogP contribution is -2.18. The molecule has 92 valence electrons. The fourth-order valence-electron chi connectivity index (χ4n) is 1.69. The van der Waals surface area contributed by atoms with E-state index in [0.717, 1.165) is 22.6 Å². The van der Waals surface area contributed by atoms with Crippen LogP contribution in [0.15, 0.2) is 48.5 Å². The summed E-state index contributed by atoms with van der Waals surface area (Å²) in [6.07, 6.45) is 0. The van der Waals surface area contributed by atoms with Crippen molar-refractivity contribution in [2.75, 3.05) is 12.4 Å². The van der Waals surface area contributed by atoms with E-state index in [9.17, 15) is 0 Å². The number of ether oxygens (including phenoxy) is 1. The van der Waals surface area contributed by atoms with Crippen molar-refractivity contribution in [1.82, 2.24) is 0 Å². The Kier molecular flexibility index (Phi) is 3.79. The molecule has 2 aromatic carbocycles. The number of nitrogens with one attached hydrogen (secondary N) is 1. The molecule has 0 spiro atoms. The van der Waals surface area contributed by atoms with E-state index >= 15 is 0 Å². The van der Waals surface area contributed by atoms with Gasteiger partial charge in [0.1, 0.15) is 5.75 Å². The van der Waals surface area contributed by atoms with Crippen LogP contribution >= 0.6 is 12.2 Å². The van der Waals surface area contributed by atoms with E-state index in [4.69, 9.17) is 22.7 Å². The number of methoxy groups -OCH3 is 1. The highest BCUT2D eigenvalue weighted by Crippen LogP contribution is 2.24. The van der Waals surface area contributed by atoms with Crippen LogP contribution in [0.5, 0.6) is 5.75 Å². The van der Waals surface area contributed by atoms with E-state index in [1.807, 2.05) is 48.5 Å². The first-order valence-electron chi connectivity index (χ1n) is 5.50. The van der Waals surface area contributed by atoms with Gasteiger partial charge in [-0.1, -0.05) is 24.3 Å². The second-order valence-corrected chi connectivity index (χ2v) is 4.24. The standard InChI is InChI=1S/C14H14N2OS/c1-17-13-4-2-3-11(9-13)10-5-7-12(8-6-10)16-14(15)18/h2-9H,1H3,(H3,15,16,18). The van der Waals surface area contributed by atoms with E-state index in [1.54, 1.807) is 7.11 Å². The van der Waals surface area contributed by atoms with Crippen molar-refractivity contribution >= 4 is 23.0 Å². The molecule has 0 heterocycles. The van der Waals surface area contributed by atoms with Gasteiger partial charge in [-0.2, -0.15) is 0 Å². The molecule has 0 saturated carbocycles. The lowest BCUT2D eigenvalue weighted by molar-refractivity contribution is 0.415. The highest BCUT2D eigenvalue weighted by atomic mass is 32.1. The molecule has 0 atom stereocenters. The molecule has 0 fully saturated rings. The fraction of sp³-hybridized carbons (Fsp3) is 0.0714. The molecule has 0 unspecified atom stereocenters. The Morgan fingerprint density at radius 1 is 1.11 bits per heavy atom. The predicted octanol–water partition coefficient (Wildman–Crippen LogP) is 3.02. The number of anilines is 1. The molecular weight excluding hydrogens is 244 g/mol. The van der Waals surface area contributed by atoms with Gasteiger partial charge in [-0.05, 0) is 47.6 Å². The van der Waals surface area contributed by atoms with Crippen molar-refractivity contribution in [3.05, 3.63) is 48.5 Å². The zero-order valence-corrected chi connectivity index (χ0v) is 10.8. The first-order valence-corrected chi connectivity index (χ1v) is 5.91. The minimum Gasteiger partial charge on any atom is -0.497 e. The number of hydrogen-bond donors (Lipinski definition) is 2. The number of nitrogens with two attached hydrogens (primary N) is 1. The summed E-state index contributed by atoms with van der Waals surface area (Å²) in [6.45, 7) is 0. The zero-order chi connectivity index (χ0) is 13.0. The molecule has 0 saturated heterocycles. The Hall–Kier alpha value is -2.07. The molecule has 0 amide bonds. The maximum atomic E-state index is 5.42. The summed E-state index contributed by atoms with van der Waals surface area (Å²) in [5, 5.41) is 3.16. The van der Waals surface area contributed by atoms with Crippen molar-refractivity contribution in [3.63, 3.8) is 0 Å². The van der Waals surface area contributed by atoms with Crippen LogP contribution in [0.2, 0.25) is 0 Å². The van der Waals surface area contributed by atoms with Crippen molar-refractivity contribution in [3.8, 4) is 16.9 Å². The van der Waals surface area contributed by atoms with Gasteiger partial charge in [-0.15, -0.1) is 0 Å². The molecule has 4 heteroatoms. The van der Waals surface area contributed by atoms with Crippen molar-refractivity contribution < 1.29 is 4.74 Å². The van der Waals surface area contributed by atoms with Crippen LogP contribution in [0.4, 0.5) is 5.69 Å². The Labute approximate surface area is 112 Å². The topological polar surface area (TPSA) is 47.3 Å². The van der Waals surface area contributed by atoms with Gasteiger partial charge in [0.15, 0.2) is 5.11 Å². The predicted molar refractivity (Wildman–Crippen MR) is 78.8 cm³/mol. The number of thiocarbonyl (C=S) groups is 1. The average molecular weight is 258 g/mol. The molecule has 0 aromatic heterocycles. The molecule has 0 radical (unpaired) electrons. The second-order valence-electron chi connectivity index (χ2n) is 3.80. The first kappa shape index (κ1) is 12.4. The maximum Gasteiger partial charge on any atom is 0.168 e. The van der Waals surface area contributed by atoms with Crippen LogP contribution < -0.4 is 15.8 Å². The number of rotatable bonds is 3. The lowest BCUT2D eigenvalue weighted by Gasteiger charge is -2.07. The van der Waals surface area contributed by atoms with Gasteiger partial charge >= 0.3 is 0 Å². The highest BCUT2D eigenvalue weighted by Gasteiger charge is 2.00. The van der Waals surface area contributed by atoms with Gasteiger partial charge in [-0.25, -0.2) is 0 Å². The molecule has 0 aliphatic rings. The van der Waals surface area contributed by atoms with Crippen molar-refractivity contribution in [2.45, 2.75) is 0 Å². The van der Waals surface area contributed by atoms with Crippen LogP contribution in [0.1, 0.15) is 0 Å². The Morgan fingerprint density at radius 3 is 2.44 bits per heavy atom. The van der Waals surface area contributed by atoms with Crippen LogP contribution in [-0.4, -0.2) is 12.2 Å². The number of hydrogen-bond acceptors (Lipinski definition) is 2. The quantitative estimate of drug-likeness (QED) is 0.831. The Bertz CT molecular complexity index is 552. The molecule has 18 heavy (non-hydrogen) atoms. The highest BCUT2D eigenvalue weighted by molar-refractivity contribution is 7.80. The van der Waals surface area contributed by atoms with E-state index in [1.165, 1.54) is 0 Å². The molecule has 0 bridgehead atoms. The Morgan fingerprint density at radius 2 is 1.83 bits per heavy atom. The summed E-state index contributed by atoms with van der Waals surface area (Å²) in [5.41, 5.74) is 8.52. The van der Waals surface area contributed by atoms with Crippen LogP contribution in [-0.2, 0) is 0 Å². The van der Waals surface area contributed by atoms with E-state index in [2.05, 4.69) is 5.32 Å². The fourth-order valence-corrected chi connectivity index (χ4v) is 1.81. The zero-order valence-electron chi connectivity index (χ0n) is 10.0. The summed E-state index contributed by atoms with van der Waals surface area (Å²) in [4.78, 5) is 0. The summed E-state index contributed by atoms with van der Waals surface area (Å²) < 4.78 is 5.21. The molecule has 0 aliphatic heterocycles. The third kappa shape index (κ3) is 2.99. The third-order valence-electron chi connectivity index (χ3n) is 2.56. The van der Waals surface area contributed by atoms with Crippen LogP contribution in [0, 0.1) is 0 Å². The normalized spacial score (nSPS) is 9.83. The Balaban J connectivity index is 2.25. The monoisotopic (exact) mass is 258 g/mol. The summed E-state index contributed by atoms with van der Waals surface area (Å²) in [5.74, 6) is 0.845. The van der Waals surface area contributed by atoms with Crippen molar-refractivity contribution in [2.24, 2.45) is 5.73 Å². The lowest BCUT2D eigenvalue weighted by atomic mass is 10.1. The van der Waals surface area contributed by atoms with Gasteiger partial charge in [0.2, 0.25) is 0 Å². The van der Waals surface area contributed by atoms with Crippen LogP contribution in [0.3, 0.4) is 0 Å². The first-order chi connectivity index (χ1) is 8.69. The van der Waals surface area contributed by atoms with E-state index in [0.29, 0.717) is 0 Å². The largest absolute Gasteiger partial charge is 0.497 e. The molecule has 0 aliphatic carbocycles.